The molecule has 0 spiro atoms. The molecule has 0 saturated heterocycles. The molecule has 1 aromatic carbocycles. The van der Waals surface area contributed by atoms with Crippen LogP contribution in [0.25, 0.3) is 0 Å². The molecule has 0 unspecified atom stereocenters. The van der Waals surface area contributed by atoms with Crippen molar-refractivity contribution in [3.05, 3.63) is 26.7 Å². The molecule has 64 valence electrons. The second kappa shape index (κ2) is 3.84. The van der Waals surface area contributed by atoms with Crippen LogP contribution in [0.5, 0.6) is 5.75 Å². The maximum absolute atomic E-state index is 10.9. The van der Waals surface area contributed by atoms with Gasteiger partial charge in [0, 0.05) is 21.8 Å². The number of nitrogens with zero attached hydrogens (tertiary/aromatic N) is 1. The molecule has 0 fully saturated rings. The molecule has 4 heteroatoms. The summed E-state index contributed by atoms with van der Waals surface area (Å²) < 4.78 is 6.81. The summed E-state index contributed by atoms with van der Waals surface area (Å²) in [6, 6.07) is 5.30. The van der Waals surface area contributed by atoms with Gasteiger partial charge >= 0.3 is 0 Å². The highest BCUT2D eigenvalue weighted by molar-refractivity contribution is 14.1. The van der Waals surface area contributed by atoms with Crippen molar-refractivity contribution in [2.75, 3.05) is 14.2 Å². The first-order valence-corrected chi connectivity index (χ1v) is 4.47. The van der Waals surface area contributed by atoms with Gasteiger partial charge in [-0.05, 0) is 28.7 Å². The zero-order chi connectivity index (χ0) is 9.14. The van der Waals surface area contributed by atoms with Gasteiger partial charge in [0.1, 0.15) is 5.75 Å². The Bertz CT molecular complexity index is 312. The van der Waals surface area contributed by atoms with Crippen LogP contribution >= 0.6 is 22.6 Å². The molecule has 0 radical (unpaired) electrons. The van der Waals surface area contributed by atoms with Gasteiger partial charge in [-0.3, -0.25) is 0 Å². The fourth-order valence-electron chi connectivity index (χ4n) is 0.851. The Hall–Kier alpha value is -0.650. The molecule has 0 aromatic heterocycles. The van der Waals surface area contributed by atoms with Gasteiger partial charge in [0.15, 0.2) is 7.05 Å². The average molecular weight is 278 g/mol. The van der Waals surface area contributed by atoms with Crippen molar-refractivity contribution < 1.29 is 9.50 Å². The highest BCUT2D eigenvalue weighted by Gasteiger charge is 2.09. The number of hydrogen-bond acceptors (Lipinski definition) is 2. The smallest absolute Gasteiger partial charge is 0.256 e. The van der Waals surface area contributed by atoms with E-state index in [1.165, 1.54) is 7.05 Å². The third-order valence-corrected chi connectivity index (χ3v) is 2.34. The summed E-state index contributed by atoms with van der Waals surface area (Å²) in [4.78, 5) is 10.9. The molecule has 3 nitrogen and oxygen atoms in total. The Balaban J connectivity index is 3.10. The lowest BCUT2D eigenvalue weighted by Crippen LogP contribution is -1.92. The van der Waals surface area contributed by atoms with Gasteiger partial charge < -0.3 is 4.74 Å². The summed E-state index contributed by atoms with van der Waals surface area (Å²) in [7, 11) is 3.08. The molecule has 0 heterocycles. The van der Waals surface area contributed by atoms with Crippen LogP contribution in [0.1, 0.15) is 0 Å². The fraction of sp³-hybridized carbons (Fsp3) is 0.250. The van der Waals surface area contributed by atoms with Gasteiger partial charge in [0.05, 0.1) is 10.7 Å². The minimum Gasteiger partial charge on any atom is -0.496 e. The number of methoxy groups -OCH3 is 1. The first kappa shape index (κ1) is 9.44. The second-order valence-electron chi connectivity index (χ2n) is 2.32. The minimum atomic E-state index is 0.639. The zero-order valence-electron chi connectivity index (χ0n) is 6.87. The van der Waals surface area contributed by atoms with Crippen LogP contribution in [0.15, 0.2) is 18.2 Å². The second-order valence-corrected chi connectivity index (χ2v) is 3.48. The third kappa shape index (κ3) is 1.94. The number of rotatable bonds is 2. The van der Waals surface area contributed by atoms with Crippen LogP contribution in [0.3, 0.4) is 0 Å². The zero-order valence-corrected chi connectivity index (χ0v) is 9.03. The molecule has 0 aliphatic rings. The molecule has 0 atom stereocenters. The van der Waals surface area contributed by atoms with Gasteiger partial charge in [-0.1, -0.05) is 0 Å². The molecule has 0 amide bonds. The Kier molecular flexibility index (Phi) is 3.02. The van der Waals surface area contributed by atoms with Gasteiger partial charge in [-0.25, -0.2) is 0 Å². The number of halogens is 1. The van der Waals surface area contributed by atoms with Crippen molar-refractivity contribution in [3.8, 4) is 5.75 Å². The van der Waals surface area contributed by atoms with Crippen LogP contribution < -0.4 is 4.74 Å². The van der Waals surface area contributed by atoms with E-state index >= 15 is 0 Å². The number of hydrogen-bond donors (Lipinski definition) is 0. The molecule has 0 N–H and O–H groups in total. The number of nitroso groups, excluding NO2 is 1. The minimum absolute atomic E-state index is 0.639. The monoisotopic (exact) mass is 278 g/mol. The standard InChI is InChI=1S/C8H9INO2/c1-10(11)6-3-4-8(12-2)7(9)5-6/h3-5H,1-2H3/q+1. The molecule has 12 heavy (non-hydrogen) atoms. The molecule has 0 aliphatic carbocycles. The van der Waals surface area contributed by atoms with Crippen molar-refractivity contribution in [1.29, 1.82) is 0 Å². The molecule has 1 rings (SSSR count). The lowest BCUT2D eigenvalue weighted by atomic mass is 10.3. The van der Waals surface area contributed by atoms with Gasteiger partial charge in [0.25, 0.3) is 5.69 Å². The normalized spacial score (nSPS) is 9.58. The Morgan fingerprint density at radius 1 is 1.50 bits per heavy atom. The Morgan fingerprint density at radius 3 is 2.58 bits per heavy atom. The molecular formula is C8H9INO2+. The van der Waals surface area contributed by atoms with Crippen LogP contribution in [0, 0.1) is 8.48 Å². The molecule has 0 saturated carbocycles. The van der Waals surface area contributed by atoms with E-state index in [2.05, 4.69) is 22.6 Å². The number of benzene rings is 1. The highest BCUT2D eigenvalue weighted by atomic mass is 127. The summed E-state index contributed by atoms with van der Waals surface area (Å²) in [5.41, 5.74) is 0.639. The largest absolute Gasteiger partial charge is 0.496 e. The van der Waals surface area contributed by atoms with Crippen LogP contribution in [-0.2, 0) is 0 Å². The summed E-state index contributed by atoms with van der Waals surface area (Å²) in [5.74, 6) is 0.793. The van der Waals surface area contributed by atoms with Crippen LogP contribution in [-0.4, -0.2) is 18.9 Å². The van der Waals surface area contributed by atoms with Crippen molar-refractivity contribution in [2.45, 2.75) is 0 Å². The lowest BCUT2D eigenvalue weighted by Gasteiger charge is -2.00. The van der Waals surface area contributed by atoms with Crippen molar-refractivity contribution in [3.63, 3.8) is 0 Å². The SMILES string of the molecule is COc1ccc([N+](C)=O)cc1I. The van der Waals surface area contributed by atoms with E-state index in [1.54, 1.807) is 25.3 Å². The van der Waals surface area contributed by atoms with E-state index < -0.39 is 0 Å². The molecule has 0 aliphatic heterocycles. The quantitative estimate of drug-likeness (QED) is 0.613. The topological polar surface area (TPSA) is 29.3 Å². The lowest BCUT2D eigenvalue weighted by molar-refractivity contribution is -0.428. The number of ether oxygens (including phenoxy) is 1. The summed E-state index contributed by atoms with van der Waals surface area (Å²) in [6.45, 7) is 0. The first-order chi connectivity index (χ1) is 5.65. The summed E-state index contributed by atoms with van der Waals surface area (Å²) >= 11 is 2.13. The van der Waals surface area contributed by atoms with Gasteiger partial charge in [-0.15, -0.1) is 0 Å². The molecular weight excluding hydrogens is 269 g/mol. The maximum Gasteiger partial charge on any atom is 0.256 e. The van der Waals surface area contributed by atoms with Crippen molar-refractivity contribution in [2.24, 2.45) is 0 Å². The van der Waals surface area contributed by atoms with Crippen molar-refractivity contribution in [1.82, 2.24) is 0 Å². The van der Waals surface area contributed by atoms with E-state index in [4.69, 9.17) is 4.74 Å². The van der Waals surface area contributed by atoms with Crippen LogP contribution in [0.2, 0.25) is 0 Å². The maximum atomic E-state index is 10.9. The van der Waals surface area contributed by atoms with Gasteiger partial charge in [0.2, 0.25) is 0 Å². The van der Waals surface area contributed by atoms with E-state index in [0.717, 1.165) is 14.1 Å². The Morgan fingerprint density at radius 2 is 2.17 bits per heavy atom. The third-order valence-electron chi connectivity index (χ3n) is 1.50. The summed E-state index contributed by atoms with van der Waals surface area (Å²) in [5, 5.41) is 0. The van der Waals surface area contributed by atoms with Crippen LogP contribution in [0.4, 0.5) is 5.69 Å². The first-order valence-electron chi connectivity index (χ1n) is 3.39. The predicted molar refractivity (Wildman–Crippen MR) is 54.9 cm³/mol. The average Bonchev–Trinajstić information content (AvgIpc) is 2.04. The summed E-state index contributed by atoms with van der Waals surface area (Å²) in [6.07, 6.45) is 0. The van der Waals surface area contributed by atoms with E-state index in [9.17, 15) is 4.91 Å². The van der Waals surface area contributed by atoms with E-state index in [1.807, 2.05) is 0 Å². The predicted octanol–water partition coefficient (Wildman–Crippen LogP) is 2.34. The van der Waals surface area contributed by atoms with E-state index in [0.29, 0.717) is 5.69 Å². The molecule has 1 aromatic rings. The fourth-order valence-corrected chi connectivity index (χ4v) is 1.57. The molecule has 0 bridgehead atoms. The van der Waals surface area contributed by atoms with Crippen molar-refractivity contribution >= 4 is 28.3 Å². The van der Waals surface area contributed by atoms with Gasteiger partial charge in [-0.2, -0.15) is 0 Å². The highest BCUT2D eigenvalue weighted by Crippen LogP contribution is 2.24. The van der Waals surface area contributed by atoms with E-state index in [-0.39, 0.29) is 0 Å². The Labute approximate surface area is 84.4 Å².